The Labute approximate surface area is 199 Å². The van der Waals surface area contributed by atoms with Gasteiger partial charge in [0.15, 0.2) is 0 Å². The summed E-state index contributed by atoms with van der Waals surface area (Å²) in [6.07, 6.45) is 18.6. The van der Waals surface area contributed by atoms with Crippen molar-refractivity contribution in [1.29, 1.82) is 0 Å². The van der Waals surface area contributed by atoms with Crippen LogP contribution in [0, 0.1) is 23.7 Å². The third kappa shape index (κ3) is 13.2. The minimum Gasteiger partial charge on any atom is -0.393 e. The molecule has 184 valence electrons. The average molecular weight is 453 g/mol. The lowest BCUT2D eigenvalue weighted by Crippen LogP contribution is -2.41. The second-order valence-corrected chi connectivity index (χ2v) is 11.0. The summed E-state index contributed by atoms with van der Waals surface area (Å²) in [5.41, 5.74) is 3.80. The first-order chi connectivity index (χ1) is 14.8. The quantitative estimate of drug-likeness (QED) is 0.168. The van der Waals surface area contributed by atoms with E-state index in [1.807, 2.05) is 13.8 Å². The number of aliphatic hydroxyl groups is 1. The van der Waals surface area contributed by atoms with Gasteiger partial charge in [0.2, 0.25) is 0 Å². The van der Waals surface area contributed by atoms with Gasteiger partial charge in [-0.15, -0.1) is 9.24 Å². The van der Waals surface area contributed by atoms with Crippen LogP contribution in [0.15, 0.2) is 23.3 Å². The van der Waals surface area contributed by atoms with Gasteiger partial charge in [0, 0.05) is 0 Å². The maximum atomic E-state index is 10.3. The van der Waals surface area contributed by atoms with E-state index >= 15 is 0 Å². The number of hydrogen-bond donors (Lipinski definition) is 1. The fourth-order valence-electron chi connectivity index (χ4n) is 4.80. The highest BCUT2D eigenvalue weighted by Crippen LogP contribution is 2.41. The number of hydrogen-bond acceptors (Lipinski definition) is 1. The third-order valence-corrected chi connectivity index (χ3v) is 8.66. The summed E-state index contributed by atoms with van der Waals surface area (Å²) >= 11 is 0. The van der Waals surface area contributed by atoms with Gasteiger partial charge < -0.3 is 5.11 Å². The lowest BCUT2D eigenvalue weighted by atomic mass is 9.71. The summed E-state index contributed by atoms with van der Waals surface area (Å²) < 4.78 is 0. The van der Waals surface area contributed by atoms with E-state index in [1.165, 1.54) is 64.2 Å². The molecule has 1 fully saturated rings. The molecule has 0 spiro atoms. The van der Waals surface area contributed by atoms with Crippen LogP contribution in [0.1, 0.15) is 126 Å². The van der Waals surface area contributed by atoms with E-state index in [4.69, 9.17) is 0 Å². The van der Waals surface area contributed by atoms with Gasteiger partial charge in [-0.05, 0) is 88.1 Å². The van der Waals surface area contributed by atoms with Crippen LogP contribution in [0.4, 0.5) is 0 Å². The van der Waals surface area contributed by atoms with Crippen molar-refractivity contribution in [2.24, 2.45) is 23.7 Å². The minimum absolute atomic E-state index is 0.0972. The zero-order valence-corrected chi connectivity index (χ0v) is 23.6. The Kier molecular flexibility index (Phi) is 18.2. The molecule has 1 nitrogen and oxygen atoms in total. The van der Waals surface area contributed by atoms with Crippen LogP contribution < -0.4 is 0 Å². The molecule has 7 atom stereocenters. The van der Waals surface area contributed by atoms with Gasteiger partial charge in [0.1, 0.15) is 0 Å². The third-order valence-electron chi connectivity index (χ3n) is 7.51. The molecule has 0 aliphatic heterocycles. The minimum atomic E-state index is -0.0972. The van der Waals surface area contributed by atoms with E-state index in [2.05, 4.69) is 62.9 Å². The van der Waals surface area contributed by atoms with Gasteiger partial charge in [-0.25, -0.2) is 0 Å². The summed E-state index contributed by atoms with van der Waals surface area (Å²) in [5, 5.41) is 10.3. The Hall–Kier alpha value is -0.130. The van der Waals surface area contributed by atoms with Crippen molar-refractivity contribution >= 4 is 9.24 Å². The Balaban J connectivity index is 0.00000436. The molecule has 1 aliphatic carbocycles. The fourth-order valence-corrected chi connectivity index (χ4v) is 5.50. The molecule has 0 heterocycles. The normalized spacial score (nSPS) is 28.1. The topological polar surface area (TPSA) is 20.2 Å². The predicted octanol–water partition coefficient (Wildman–Crippen LogP) is 9.36. The summed E-state index contributed by atoms with van der Waals surface area (Å²) in [6.45, 7) is 17.8. The second-order valence-electron chi connectivity index (χ2n) is 10.2. The lowest BCUT2D eigenvalue weighted by Gasteiger charge is -2.42. The highest BCUT2D eigenvalue weighted by atomic mass is 31.0. The van der Waals surface area contributed by atoms with Crippen molar-refractivity contribution in [2.45, 2.75) is 138 Å². The fraction of sp³-hybridized carbons (Fsp3) is 0.862. The average Bonchev–Trinajstić information content (AvgIpc) is 2.75. The van der Waals surface area contributed by atoms with Crippen LogP contribution in [0.5, 0.6) is 0 Å². The maximum absolute atomic E-state index is 10.3. The standard InChI is InChI=1S/C27H51OP.C2H6/c1-7-8-9-12-20(2)13-10-14-21(3)15-11-16-22(4)17-18-25-19-26(28)23(5)24(6)27(25)29;1-2/h12,14,22-28H,7-11,13,15-19,29H2,1-6H3;1-2H3/b20-12+,21-14+;. The van der Waals surface area contributed by atoms with E-state index < -0.39 is 0 Å². The highest BCUT2D eigenvalue weighted by Gasteiger charge is 2.37. The van der Waals surface area contributed by atoms with Gasteiger partial charge in [0.05, 0.1) is 6.10 Å². The Morgan fingerprint density at radius 2 is 1.58 bits per heavy atom. The first-order valence-electron chi connectivity index (χ1n) is 13.5. The maximum Gasteiger partial charge on any atom is 0.0571 e. The summed E-state index contributed by atoms with van der Waals surface area (Å²) in [6, 6.07) is 0. The van der Waals surface area contributed by atoms with Crippen LogP contribution in [0.2, 0.25) is 0 Å². The molecule has 0 bridgehead atoms. The molecule has 31 heavy (non-hydrogen) atoms. The monoisotopic (exact) mass is 452 g/mol. The summed E-state index contributed by atoms with van der Waals surface area (Å²) in [4.78, 5) is 0. The van der Waals surface area contributed by atoms with Crippen molar-refractivity contribution in [1.82, 2.24) is 0 Å². The van der Waals surface area contributed by atoms with Crippen molar-refractivity contribution < 1.29 is 5.11 Å². The number of allylic oxidation sites excluding steroid dienone is 4. The van der Waals surface area contributed by atoms with Gasteiger partial charge in [-0.3, -0.25) is 0 Å². The van der Waals surface area contributed by atoms with Crippen molar-refractivity contribution in [3.05, 3.63) is 23.3 Å². The number of unbranched alkanes of at least 4 members (excludes halogenated alkanes) is 2. The Morgan fingerprint density at radius 1 is 0.968 bits per heavy atom. The SMILES string of the molecule is CC.CCCC/C=C(\C)CC/C=C(\C)CCCC(C)CCC1CC(O)C(C)C(C)C1P. The molecule has 1 N–H and O–H groups in total. The van der Waals surface area contributed by atoms with Crippen LogP contribution in [-0.2, 0) is 0 Å². The molecule has 0 radical (unpaired) electrons. The van der Waals surface area contributed by atoms with Gasteiger partial charge in [-0.2, -0.15) is 0 Å². The molecule has 1 saturated carbocycles. The van der Waals surface area contributed by atoms with Crippen LogP contribution in [-0.4, -0.2) is 16.9 Å². The number of rotatable bonds is 13. The first-order valence-corrected chi connectivity index (χ1v) is 14.2. The Morgan fingerprint density at radius 3 is 2.23 bits per heavy atom. The van der Waals surface area contributed by atoms with Gasteiger partial charge in [0.25, 0.3) is 0 Å². The van der Waals surface area contributed by atoms with E-state index in [0.717, 1.165) is 12.3 Å². The molecule has 7 unspecified atom stereocenters. The zero-order valence-electron chi connectivity index (χ0n) is 22.4. The smallest absolute Gasteiger partial charge is 0.0571 e. The number of aliphatic hydroxyl groups excluding tert-OH is 1. The summed E-state index contributed by atoms with van der Waals surface area (Å²) in [7, 11) is 3.09. The second kappa shape index (κ2) is 18.3. The van der Waals surface area contributed by atoms with Crippen LogP contribution in [0.3, 0.4) is 0 Å². The van der Waals surface area contributed by atoms with E-state index in [-0.39, 0.29) is 6.10 Å². The predicted molar refractivity (Wildman–Crippen MR) is 146 cm³/mol. The largest absolute Gasteiger partial charge is 0.393 e. The van der Waals surface area contributed by atoms with Gasteiger partial charge >= 0.3 is 0 Å². The van der Waals surface area contributed by atoms with Gasteiger partial charge in [-0.1, -0.05) is 90.5 Å². The molecule has 0 saturated heterocycles. The lowest BCUT2D eigenvalue weighted by molar-refractivity contribution is 0.0221. The van der Waals surface area contributed by atoms with Crippen LogP contribution >= 0.6 is 9.24 Å². The van der Waals surface area contributed by atoms with Crippen molar-refractivity contribution in [3.63, 3.8) is 0 Å². The van der Waals surface area contributed by atoms with E-state index in [0.29, 0.717) is 23.4 Å². The molecular weight excluding hydrogens is 395 g/mol. The Bertz CT molecular complexity index is 495. The molecule has 0 amide bonds. The molecule has 0 aromatic carbocycles. The highest BCUT2D eigenvalue weighted by molar-refractivity contribution is 7.17. The molecule has 1 aliphatic rings. The molecular formula is C29H57OP. The first kappa shape index (κ1) is 30.9. The van der Waals surface area contributed by atoms with E-state index in [9.17, 15) is 5.11 Å². The molecule has 1 rings (SSSR count). The molecule has 0 aromatic rings. The van der Waals surface area contributed by atoms with Crippen molar-refractivity contribution in [3.8, 4) is 0 Å². The van der Waals surface area contributed by atoms with E-state index in [1.54, 1.807) is 11.1 Å². The zero-order chi connectivity index (χ0) is 23.8. The van der Waals surface area contributed by atoms with Crippen LogP contribution in [0.25, 0.3) is 0 Å². The molecule has 0 aromatic heterocycles. The summed E-state index contributed by atoms with van der Waals surface area (Å²) in [5.74, 6) is 2.54. The molecule has 2 heteroatoms. The van der Waals surface area contributed by atoms with Crippen molar-refractivity contribution in [2.75, 3.05) is 0 Å².